The van der Waals surface area contributed by atoms with Crippen LogP contribution in [0.2, 0.25) is 5.02 Å². The van der Waals surface area contributed by atoms with E-state index in [1.165, 1.54) is 17.4 Å². The van der Waals surface area contributed by atoms with Crippen LogP contribution in [0.25, 0.3) is 0 Å². The monoisotopic (exact) mass is 358 g/mol. The molecule has 5 heteroatoms. The molecule has 0 unspecified atom stereocenters. The highest BCUT2D eigenvalue weighted by atomic mass is 35.5. The Labute approximate surface area is 153 Å². The first-order valence-corrected chi connectivity index (χ1v) is 8.73. The van der Waals surface area contributed by atoms with Crippen LogP contribution in [-0.4, -0.2) is 29.8 Å². The van der Waals surface area contributed by atoms with Crippen molar-refractivity contribution in [3.05, 3.63) is 70.7 Å². The second-order valence-corrected chi connectivity index (χ2v) is 6.38. The lowest BCUT2D eigenvalue weighted by atomic mass is 10.1. The fourth-order valence-electron chi connectivity index (χ4n) is 2.48. The van der Waals surface area contributed by atoms with E-state index < -0.39 is 0 Å². The van der Waals surface area contributed by atoms with E-state index in [1.54, 1.807) is 12.1 Å². The van der Waals surface area contributed by atoms with Crippen molar-refractivity contribution >= 4 is 23.4 Å². The maximum absolute atomic E-state index is 12.1. The van der Waals surface area contributed by atoms with Crippen molar-refractivity contribution in [1.29, 1.82) is 0 Å². The lowest BCUT2D eigenvalue weighted by Gasteiger charge is -2.20. The Morgan fingerprint density at radius 3 is 2.32 bits per heavy atom. The number of hydrogen-bond acceptors (Lipinski definition) is 2. The molecule has 0 fully saturated rings. The molecule has 0 spiro atoms. The molecule has 0 saturated heterocycles. The average molecular weight is 359 g/mol. The molecular formula is C20H23ClN2O2. The summed E-state index contributed by atoms with van der Waals surface area (Å²) in [5, 5.41) is 3.53. The van der Waals surface area contributed by atoms with Crippen molar-refractivity contribution in [2.75, 3.05) is 13.1 Å². The maximum atomic E-state index is 12.1. The highest BCUT2D eigenvalue weighted by Gasteiger charge is 2.13. The molecular weight excluding hydrogens is 336 g/mol. The number of rotatable bonds is 8. The Bertz CT molecular complexity index is 687. The van der Waals surface area contributed by atoms with Gasteiger partial charge in [0.2, 0.25) is 11.8 Å². The Morgan fingerprint density at radius 1 is 1.00 bits per heavy atom. The number of benzene rings is 2. The summed E-state index contributed by atoms with van der Waals surface area (Å²) in [5.41, 5.74) is 2.20. The second-order valence-electron chi connectivity index (χ2n) is 5.94. The first-order chi connectivity index (χ1) is 12.0. The third-order valence-electron chi connectivity index (χ3n) is 3.87. The van der Waals surface area contributed by atoms with Gasteiger partial charge >= 0.3 is 0 Å². The summed E-state index contributed by atoms with van der Waals surface area (Å²) >= 11 is 5.87. The second kappa shape index (κ2) is 9.84. The lowest BCUT2D eigenvalue weighted by Crippen LogP contribution is -2.39. The van der Waals surface area contributed by atoms with Gasteiger partial charge in [0, 0.05) is 25.0 Å². The molecule has 2 aromatic rings. The van der Waals surface area contributed by atoms with E-state index in [2.05, 4.69) is 17.4 Å². The smallest absolute Gasteiger partial charge is 0.239 e. The van der Waals surface area contributed by atoms with Crippen LogP contribution in [-0.2, 0) is 22.6 Å². The number of carbonyl (C=O) groups excluding carboxylic acids is 2. The van der Waals surface area contributed by atoms with E-state index in [0.29, 0.717) is 18.1 Å². The minimum atomic E-state index is -0.141. The Morgan fingerprint density at radius 2 is 1.68 bits per heavy atom. The zero-order chi connectivity index (χ0) is 18.1. The van der Waals surface area contributed by atoms with Gasteiger partial charge in [0.25, 0.3) is 0 Å². The molecule has 0 aliphatic carbocycles. The summed E-state index contributed by atoms with van der Waals surface area (Å²) in [4.78, 5) is 25.4. The minimum absolute atomic E-state index is 0.0588. The first-order valence-electron chi connectivity index (χ1n) is 8.35. The Kier molecular flexibility index (Phi) is 7.48. The maximum Gasteiger partial charge on any atom is 0.239 e. The number of nitrogens with zero attached hydrogens (tertiary/aromatic N) is 1. The van der Waals surface area contributed by atoms with Gasteiger partial charge in [-0.05, 0) is 36.1 Å². The number of hydrogen-bond donors (Lipinski definition) is 1. The molecule has 0 heterocycles. The van der Waals surface area contributed by atoms with Crippen molar-refractivity contribution in [2.45, 2.75) is 26.3 Å². The van der Waals surface area contributed by atoms with Crippen molar-refractivity contribution in [3.8, 4) is 0 Å². The van der Waals surface area contributed by atoms with Crippen LogP contribution in [0.4, 0.5) is 0 Å². The van der Waals surface area contributed by atoms with E-state index in [1.807, 2.05) is 30.3 Å². The molecule has 2 aromatic carbocycles. The van der Waals surface area contributed by atoms with Gasteiger partial charge in [-0.2, -0.15) is 0 Å². The third kappa shape index (κ3) is 6.98. The van der Waals surface area contributed by atoms with Crippen LogP contribution >= 0.6 is 11.6 Å². The Hall–Kier alpha value is -2.33. The van der Waals surface area contributed by atoms with Gasteiger partial charge in [-0.3, -0.25) is 9.59 Å². The third-order valence-corrected chi connectivity index (χ3v) is 4.13. The van der Waals surface area contributed by atoms with Gasteiger partial charge in [0.15, 0.2) is 0 Å². The van der Waals surface area contributed by atoms with Crippen molar-refractivity contribution in [3.63, 3.8) is 0 Å². The van der Waals surface area contributed by atoms with Crippen LogP contribution in [0.15, 0.2) is 54.6 Å². The molecule has 4 nitrogen and oxygen atoms in total. The van der Waals surface area contributed by atoms with Crippen LogP contribution in [0.1, 0.15) is 24.5 Å². The average Bonchev–Trinajstić information content (AvgIpc) is 2.61. The standard InChI is InChI=1S/C20H23ClN2O2/c1-16(24)23(14-18-9-11-19(21)12-10-18)15-20(25)22-13-5-8-17-6-3-2-4-7-17/h2-4,6-7,9-12H,5,8,13-15H2,1H3,(H,22,25). The molecule has 0 aliphatic rings. The molecule has 2 rings (SSSR count). The molecule has 0 aromatic heterocycles. The molecule has 25 heavy (non-hydrogen) atoms. The fraction of sp³-hybridized carbons (Fsp3) is 0.300. The molecule has 132 valence electrons. The SMILES string of the molecule is CC(=O)N(CC(=O)NCCCc1ccccc1)Cc1ccc(Cl)cc1. The van der Waals surface area contributed by atoms with E-state index in [-0.39, 0.29) is 18.4 Å². The zero-order valence-electron chi connectivity index (χ0n) is 14.4. The van der Waals surface area contributed by atoms with Crippen molar-refractivity contribution in [2.24, 2.45) is 0 Å². The minimum Gasteiger partial charge on any atom is -0.355 e. The predicted octanol–water partition coefficient (Wildman–Crippen LogP) is 3.44. The molecule has 0 bridgehead atoms. The normalized spacial score (nSPS) is 10.3. The van der Waals surface area contributed by atoms with Crippen molar-refractivity contribution < 1.29 is 9.59 Å². The van der Waals surface area contributed by atoms with Crippen LogP contribution in [0.5, 0.6) is 0 Å². The number of aryl methyl sites for hydroxylation is 1. The van der Waals surface area contributed by atoms with Gasteiger partial charge in [-0.1, -0.05) is 54.1 Å². The highest BCUT2D eigenvalue weighted by Crippen LogP contribution is 2.11. The summed E-state index contributed by atoms with van der Waals surface area (Å²) in [6, 6.07) is 17.4. The molecule has 0 radical (unpaired) electrons. The number of nitrogens with one attached hydrogen (secondary N) is 1. The quantitative estimate of drug-likeness (QED) is 0.735. The van der Waals surface area contributed by atoms with Gasteiger partial charge in [-0.25, -0.2) is 0 Å². The lowest BCUT2D eigenvalue weighted by molar-refractivity contribution is -0.134. The summed E-state index contributed by atoms with van der Waals surface area (Å²) in [5.74, 6) is -0.272. The summed E-state index contributed by atoms with van der Waals surface area (Å²) in [7, 11) is 0. The molecule has 1 N–H and O–H groups in total. The predicted molar refractivity (Wildman–Crippen MR) is 100 cm³/mol. The van der Waals surface area contributed by atoms with Gasteiger partial charge in [0.05, 0.1) is 6.54 Å². The topological polar surface area (TPSA) is 49.4 Å². The number of amides is 2. The number of halogens is 1. The largest absolute Gasteiger partial charge is 0.355 e. The van der Waals surface area contributed by atoms with E-state index >= 15 is 0 Å². The number of carbonyl (C=O) groups is 2. The van der Waals surface area contributed by atoms with Crippen molar-refractivity contribution in [1.82, 2.24) is 10.2 Å². The van der Waals surface area contributed by atoms with Crippen LogP contribution in [0.3, 0.4) is 0 Å². The summed E-state index contributed by atoms with van der Waals surface area (Å²) in [6.07, 6.45) is 1.79. The van der Waals surface area contributed by atoms with Crippen LogP contribution < -0.4 is 5.32 Å². The Balaban J connectivity index is 1.75. The van der Waals surface area contributed by atoms with Gasteiger partial charge < -0.3 is 10.2 Å². The molecule has 2 amide bonds. The van der Waals surface area contributed by atoms with Crippen LogP contribution in [0, 0.1) is 0 Å². The zero-order valence-corrected chi connectivity index (χ0v) is 15.1. The van der Waals surface area contributed by atoms with E-state index in [0.717, 1.165) is 18.4 Å². The molecule has 0 atom stereocenters. The van der Waals surface area contributed by atoms with E-state index in [9.17, 15) is 9.59 Å². The summed E-state index contributed by atoms with van der Waals surface area (Å²) < 4.78 is 0. The highest BCUT2D eigenvalue weighted by molar-refractivity contribution is 6.30. The van der Waals surface area contributed by atoms with E-state index in [4.69, 9.17) is 11.6 Å². The van der Waals surface area contributed by atoms with Gasteiger partial charge in [0.1, 0.15) is 0 Å². The summed E-state index contributed by atoms with van der Waals surface area (Å²) in [6.45, 7) is 2.52. The fourth-order valence-corrected chi connectivity index (χ4v) is 2.61. The molecule has 0 saturated carbocycles. The molecule has 0 aliphatic heterocycles. The van der Waals surface area contributed by atoms with Gasteiger partial charge in [-0.15, -0.1) is 0 Å². The first kappa shape index (κ1) is 19.0.